The molecule has 1 aliphatic heterocycles. The molecule has 0 bridgehead atoms. The first kappa shape index (κ1) is 18.0. The van der Waals surface area contributed by atoms with Crippen LogP contribution >= 0.6 is 11.6 Å². The summed E-state index contributed by atoms with van der Waals surface area (Å²) < 4.78 is 7.53. The van der Waals surface area contributed by atoms with Crippen molar-refractivity contribution < 1.29 is 9.84 Å². The molecular weight excluding hydrogens is 360 g/mol. The van der Waals surface area contributed by atoms with Gasteiger partial charge in [0, 0.05) is 36.5 Å². The number of phenols is 1. The average Bonchev–Trinajstić information content (AvgIpc) is 3.03. The van der Waals surface area contributed by atoms with E-state index >= 15 is 0 Å². The van der Waals surface area contributed by atoms with E-state index in [0.717, 1.165) is 36.6 Å². The molecule has 0 aliphatic carbocycles. The molecule has 0 unspecified atom stereocenters. The lowest BCUT2D eigenvalue weighted by molar-refractivity contribution is 0.220. The Hall–Kier alpha value is -2.43. The molecule has 2 aromatic carbocycles. The van der Waals surface area contributed by atoms with Gasteiger partial charge in [-0.05, 0) is 53.9 Å². The molecule has 140 valence electrons. The van der Waals surface area contributed by atoms with E-state index < -0.39 is 0 Å². The van der Waals surface area contributed by atoms with E-state index in [1.54, 1.807) is 7.11 Å². The highest BCUT2D eigenvalue weighted by Crippen LogP contribution is 2.37. The van der Waals surface area contributed by atoms with Gasteiger partial charge in [0.1, 0.15) is 0 Å². The number of aromatic hydroxyl groups is 1. The largest absolute Gasteiger partial charge is 0.504 e. The number of hydrogen-bond acceptors (Lipinski definition) is 3. The average molecular weight is 383 g/mol. The first-order valence-corrected chi connectivity index (χ1v) is 9.54. The second kappa shape index (κ2) is 7.67. The monoisotopic (exact) mass is 382 g/mol. The van der Waals surface area contributed by atoms with Gasteiger partial charge in [-0.25, -0.2) is 0 Å². The molecule has 4 nitrogen and oxygen atoms in total. The van der Waals surface area contributed by atoms with Gasteiger partial charge in [-0.15, -0.1) is 0 Å². The Morgan fingerprint density at radius 1 is 1.11 bits per heavy atom. The SMILES string of the molecule is COc1ccc([C@H]2c3cccn3CCCN2Cc2cccc(Cl)c2)cc1O. The van der Waals surface area contributed by atoms with Gasteiger partial charge in [0.2, 0.25) is 0 Å². The van der Waals surface area contributed by atoms with Crippen LogP contribution in [0.15, 0.2) is 60.8 Å². The van der Waals surface area contributed by atoms with Crippen molar-refractivity contribution in [3.8, 4) is 11.5 Å². The van der Waals surface area contributed by atoms with Crippen LogP contribution < -0.4 is 4.74 Å². The van der Waals surface area contributed by atoms with Crippen molar-refractivity contribution in [2.75, 3.05) is 13.7 Å². The Balaban J connectivity index is 1.75. The predicted octanol–water partition coefficient (Wildman–Crippen LogP) is 4.85. The maximum atomic E-state index is 10.3. The normalized spacial score (nSPS) is 17.3. The summed E-state index contributed by atoms with van der Waals surface area (Å²) in [6, 6.07) is 18.0. The number of ether oxygens (including phenoxy) is 1. The zero-order chi connectivity index (χ0) is 18.8. The van der Waals surface area contributed by atoms with Crippen LogP contribution in [0.5, 0.6) is 11.5 Å². The van der Waals surface area contributed by atoms with E-state index in [1.807, 2.05) is 36.4 Å². The van der Waals surface area contributed by atoms with E-state index in [9.17, 15) is 5.11 Å². The van der Waals surface area contributed by atoms with Crippen LogP contribution in [0, 0.1) is 0 Å². The molecule has 0 amide bonds. The Bertz CT molecular complexity index is 938. The van der Waals surface area contributed by atoms with Crippen LogP contribution in [-0.4, -0.2) is 28.2 Å². The van der Waals surface area contributed by atoms with E-state index in [2.05, 4.69) is 33.9 Å². The third-order valence-corrected chi connectivity index (χ3v) is 5.38. The second-order valence-corrected chi connectivity index (χ2v) is 7.35. The highest BCUT2D eigenvalue weighted by molar-refractivity contribution is 6.30. The first-order chi connectivity index (χ1) is 13.2. The predicted molar refractivity (Wildman–Crippen MR) is 107 cm³/mol. The zero-order valence-electron chi connectivity index (χ0n) is 15.3. The topological polar surface area (TPSA) is 37.6 Å². The van der Waals surface area contributed by atoms with Gasteiger partial charge >= 0.3 is 0 Å². The van der Waals surface area contributed by atoms with Crippen molar-refractivity contribution in [3.05, 3.63) is 82.6 Å². The van der Waals surface area contributed by atoms with Crippen LogP contribution in [0.2, 0.25) is 5.02 Å². The Morgan fingerprint density at radius 2 is 2.00 bits per heavy atom. The van der Waals surface area contributed by atoms with Crippen LogP contribution in [0.4, 0.5) is 0 Å². The number of halogens is 1. The van der Waals surface area contributed by atoms with Crippen molar-refractivity contribution >= 4 is 11.6 Å². The minimum atomic E-state index is 0.0540. The number of aromatic nitrogens is 1. The Kier molecular flexibility index (Phi) is 5.10. The van der Waals surface area contributed by atoms with Crippen LogP contribution in [0.3, 0.4) is 0 Å². The van der Waals surface area contributed by atoms with Crippen LogP contribution in [0.1, 0.15) is 29.3 Å². The molecule has 4 rings (SSSR count). The minimum absolute atomic E-state index is 0.0540. The van der Waals surface area contributed by atoms with Gasteiger partial charge in [-0.2, -0.15) is 0 Å². The summed E-state index contributed by atoms with van der Waals surface area (Å²) in [6.45, 7) is 2.75. The third kappa shape index (κ3) is 3.68. The van der Waals surface area contributed by atoms with Crippen molar-refractivity contribution in [2.24, 2.45) is 0 Å². The fourth-order valence-corrected chi connectivity index (χ4v) is 4.15. The van der Waals surface area contributed by atoms with Crippen molar-refractivity contribution in [1.29, 1.82) is 0 Å². The van der Waals surface area contributed by atoms with Gasteiger partial charge < -0.3 is 14.4 Å². The summed E-state index contributed by atoms with van der Waals surface area (Å²) in [5, 5.41) is 11.1. The molecule has 3 aromatic rings. The molecule has 27 heavy (non-hydrogen) atoms. The summed E-state index contributed by atoms with van der Waals surface area (Å²) in [5.74, 6) is 0.657. The molecular formula is C22H23ClN2O2. The lowest BCUT2D eigenvalue weighted by atomic mass is 10.0. The first-order valence-electron chi connectivity index (χ1n) is 9.16. The van der Waals surface area contributed by atoms with Crippen LogP contribution in [0.25, 0.3) is 0 Å². The van der Waals surface area contributed by atoms with Crippen LogP contribution in [-0.2, 0) is 13.1 Å². The lowest BCUT2D eigenvalue weighted by Gasteiger charge is -2.31. The second-order valence-electron chi connectivity index (χ2n) is 6.91. The number of methoxy groups -OCH3 is 1. The summed E-state index contributed by atoms with van der Waals surface area (Å²) in [5.41, 5.74) is 3.47. The smallest absolute Gasteiger partial charge is 0.160 e. The van der Waals surface area contributed by atoms with E-state index in [0.29, 0.717) is 5.75 Å². The minimum Gasteiger partial charge on any atom is -0.504 e. The molecule has 1 N–H and O–H groups in total. The zero-order valence-corrected chi connectivity index (χ0v) is 16.1. The van der Waals surface area contributed by atoms with Crippen molar-refractivity contribution in [2.45, 2.75) is 25.6 Å². The maximum absolute atomic E-state index is 10.3. The third-order valence-electron chi connectivity index (χ3n) is 5.15. The Morgan fingerprint density at radius 3 is 2.78 bits per heavy atom. The number of phenolic OH excluding ortho intramolecular Hbond substituents is 1. The molecule has 0 saturated heterocycles. The van der Waals surface area contributed by atoms with Crippen molar-refractivity contribution in [3.63, 3.8) is 0 Å². The van der Waals surface area contributed by atoms with Gasteiger partial charge in [0.25, 0.3) is 0 Å². The quantitative estimate of drug-likeness (QED) is 0.700. The number of nitrogens with zero attached hydrogens (tertiary/aromatic N) is 2. The maximum Gasteiger partial charge on any atom is 0.160 e. The summed E-state index contributed by atoms with van der Waals surface area (Å²) >= 11 is 6.20. The molecule has 2 heterocycles. The summed E-state index contributed by atoms with van der Waals surface area (Å²) in [4.78, 5) is 2.45. The molecule has 0 spiro atoms. The number of aryl methyl sites for hydroxylation is 1. The lowest BCUT2D eigenvalue weighted by Crippen LogP contribution is -2.29. The Labute approximate surface area is 164 Å². The molecule has 0 fully saturated rings. The van der Waals surface area contributed by atoms with E-state index in [4.69, 9.17) is 16.3 Å². The number of benzene rings is 2. The molecule has 1 aliphatic rings. The molecule has 1 atom stereocenters. The summed E-state index contributed by atoms with van der Waals surface area (Å²) in [6.07, 6.45) is 3.20. The molecule has 1 aromatic heterocycles. The van der Waals surface area contributed by atoms with Gasteiger partial charge in [0.05, 0.1) is 13.2 Å². The highest BCUT2D eigenvalue weighted by Gasteiger charge is 2.28. The van der Waals surface area contributed by atoms with Crippen molar-refractivity contribution in [1.82, 2.24) is 9.47 Å². The number of rotatable bonds is 4. The van der Waals surface area contributed by atoms with Gasteiger partial charge in [0.15, 0.2) is 11.5 Å². The standard InChI is InChI=1S/C22H23ClN2O2/c1-27-21-9-8-17(14-20(21)26)22-19-7-3-10-24(19)11-4-12-25(22)15-16-5-2-6-18(23)13-16/h2-3,5-10,13-14,22,26H,4,11-12,15H2,1H3/t22-/m0/s1. The number of fused-ring (bicyclic) bond motifs is 1. The molecule has 0 radical (unpaired) electrons. The van der Waals surface area contributed by atoms with Gasteiger partial charge in [-0.1, -0.05) is 29.8 Å². The van der Waals surface area contributed by atoms with E-state index in [-0.39, 0.29) is 11.8 Å². The van der Waals surface area contributed by atoms with Gasteiger partial charge in [-0.3, -0.25) is 4.90 Å². The molecule has 5 heteroatoms. The fourth-order valence-electron chi connectivity index (χ4n) is 3.94. The molecule has 0 saturated carbocycles. The number of hydrogen-bond donors (Lipinski definition) is 1. The fraction of sp³-hybridized carbons (Fsp3) is 0.273. The summed E-state index contributed by atoms with van der Waals surface area (Å²) in [7, 11) is 1.57. The van der Waals surface area contributed by atoms with E-state index in [1.165, 1.54) is 11.3 Å². The highest BCUT2D eigenvalue weighted by atomic mass is 35.5.